The standard InChI is InChI=1S/C14H8F4N2/c15-13-7-12(4-1-9(13)8-19)20-11-5-2-10(3-6-11)14(16,17)18/h1-7,20H. The maximum atomic E-state index is 13.4. The first kappa shape index (κ1) is 13.9. The molecule has 2 aromatic rings. The van der Waals surface area contributed by atoms with E-state index in [-0.39, 0.29) is 5.56 Å². The lowest BCUT2D eigenvalue weighted by molar-refractivity contribution is -0.137. The first-order valence-corrected chi connectivity index (χ1v) is 5.54. The Hall–Kier alpha value is -2.55. The van der Waals surface area contributed by atoms with E-state index in [1.807, 2.05) is 0 Å². The molecule has 2 nitrogen and oxygen atoms in total. The third-order valence-electron chi connectivity index (χ3n) is 2.59. The van der Waals surface area contributed by atoms with E-state index < -0.39 is 17.6 Å². The molecule has 20 heavy (non-hydrogen) atoms. The molecule has 0 unspecified atom stereocenters. The Balaban J connectivity index is 2.19. The number of halogens is 4. The van der Waals surface area contributed by atoms with Crippen molar-refractivity contribution in [2.24, 2.45) is 0 Å². The molecule has 0 atom stereocenters. The van der Waals surface area contributed by atoms with Gasteiger partial charge in [0.15, 0.2) is 0 Å². The number of benzene rings is 2. The zero-order chi connectivity index (χ0) is 14.8. The molecule has 0 fully saturated rings. The Kier molecular flexibility index (Phi) is 3.61. The number of anilines is 2. The first-order chi connectivity index (χ1) is 9.40. The van der Waals surface area contributed by atoms with E-state index >= 15 is 0 Å². The summed E-state index contributed by atoms with van der Waals surface area (Å²) in [5, 5.41) is 11.3. The second-order valence-electron chi connectivity index (χ2n) is 4.01. The lowest BCUT2D eigenvalue weighted by atomic mass is 10.2. The highest BCUT2D eigenvalue weighted by Crippen LogP contribution is 2.30. The molecule has 0 saturated heterocycles. The van der Waals surface area contributed by atoms with Gasteiger partial charge < -0.3 is 5.32 Å². The van der Waals surface area contributed by atoms with Gasteiger partial charge in [-0.3, -0.25) is 0 Å². The van der Waals surface area contributed by atoms with Gasteiger partial charge in [0.05, 0.1) is 11.1 Å². The van der Waals surface area contributed by atoms with Crippen LogP contribution in [0.25, 0.3) is 0 Å². The largest absolute Gasteiger partial charge is 0.416 e. The van der Waals surface area contributed by atoms with Crippen molar-refractivity contribution in [2.75, 3.05) is 5.32 Å². The molecule has 0 bridgehead atoms. The maximum Gasteiger partial charge on any atom is 0.416 e. The van der Waals surface area contributed by atoms with Crippen LogP contribution >= 0.6 is 0 Å². The van der Waals surface area contributed by atoms with Crippen molar-refractivity contribution in [3.8, 4) is 6.07 Å². The third-order valence-corrected chi connectivity index (χ3v) is 2.59. The molecule has 6 heteroatoms. The lowest BCUT2D eigenvalue weighted by Crippen LogP contribution is -2.04. The highest BCUT2D eigenvalue weighted by atomic mass is 19.4. The molecule has 0 aliphatic carbocycles. The Morgan fingerprint density at radius 3 is 2.05 bits per heavy atom. The summed E-state index contributed by atoms with van der Waals surface area (Å²) in [6.45, 7) is 0. The predicted molar refractivity (Wildman–Crippen MR) is 65.8 cm³/mol. The van der Waals surface area contributed by atoms with Crippen LogP contribution in [0.4, 0.5) is 28.9 Å². The van der Waals surface area contributed by atoms with Crippen molar-refractivity contribution >= 4 is 11.4 Å². The summed E-state index contributed by atoms with van der Waals surface area (Å²) in [6, 6.07) is 9.92. The molecule has 0 aliphatic rings. The SMILES string of the molecule is N#Cc1ccc(Nc2ccc(C(F)(F)F)cc2)cc1F. The van der Waals surface area contributed by atoms with Gasteiger partial charge in [-0.1, -0.05) is 0 Å². The van der Waals surface area contributed by atoms with Gasteiger partial charge in [0, 0.05) is 11.4 Å². The average molecular weight is 280 g/mol. The lowest BCUT2D eigenvalue weighted by Gasteiger charge is -2.09. The van der Waals surface area contributed by atoms with Crippen molar-refractivity contribution in [1.29, 1.82) is 5.26 Å². The number of nitriles is 1. The van der Waals surface area contributed by atoms with Crippen LogP contribution in [0.2, 0.25) is 0 Å². The Bertz CT molecular complexity index is 654. The molecule has 102 valence electrons. The quantitative estimate of drug-likeness (QED) is 0.824. The summed E-state index contributed by atoms with van der Waals surface area (Å²) < 4.78 is 50.5. The van der Waals surface area contributed by atoms with Crippen LogP contribution in [0.15, 0.2) is 42.5 Å². The molecular formula is C14H8F4N2. The minimum Gasteiger partial charge on any atom is -0.355 e. The summed E-state index contributed by atoms with van der Waals surface area (Å²) in [5.41, 5.74) is -0.111. The van der Waals surface area contributed by atoms with Gasteiger partial charge in [-0.25, -0.2) is 4.39 Å². The summed E-state index contributed by atoms with van der Waals surface area (Å²) in [6.07, 6.45) is -4.39. The number of alkyl halides is 3. The molecule has 0 aromatic heterocycles. The third kappa shape index (κ3) is 3.06. The fourth-order valence-electron chi connectivity index (χ4n) is 1.59. The Labute approximate surface area is 112 Å². The summed E-state index contributed by atoms with van der Waals surface area (Å²) >= 11 is 0. The average Bonchev–Trinajstić information content (AvgIpc) is 2.38. The van der Waals surface area contributed by atoms with Crippen LogP contribution in [0, 0.1) is 17.1 Å². The van der Waals surface area contributed by atoms with Gasteiger partial charge in [-0.2, -0.15) is 18.4 Å². The van der Waals surface area contributed by atoms with Crippen molar-refractivity contribution in [1.82, 2.24) is 0 Å². The molecule has 0 aliphatic heterocycles. The monoisotopic (exact) mass is 280 g/mol. The number of nitrogens with zero attached hydrogens (tertiary/aromatic N) is 1. The van der Waals surface area contributed by atoms with Crippen LogP contribution < -0.4 is 5.32 Å². The van der Waals surface area contributed by atoms with E-state index in [0.29, 0.717) is 11.4 Å². The van der Waals surface area contributed by atoms with Crippen LogP contribution in [0.5, 0.6) is 0 Å². The van der Waals surface area contributed by atoms with Crippen molar-refractivity contribution in [3.63, 3.8) is 0 Å². The van der Waals surface area contributed by atoms with Crippen LogP contribution in [0.1, 0.15) is 11.1 Å². The summed E-state index contributed by atoms with van der Waals surface area (Å²) in [4.78, 5) is 0. The van der Waals surface area contributed by atoms with Gasteiger partial charge in [-0.15, -0.1) is 0 Å². The van der Waals surface area contributed by atoms with Crippen LogP contribution in [-0.2, 0) is 6.18 Å². The first-order valence-electron chi connectivity index (χ1n) is 5.54. The smallest absolute Gasteiger partial charge is 0.355 e. The van der Waals surface area contributed by atoms with Gasteiger partial charge in [0.1, 0.15) is 11.9 Å². The van der Waals surface area contributed by atoms with E-state index in [0.717, 1.165) is 18.2 Å². The molecule has 0 radical (unpaired) electrons. The van der Waals surface area contributed by atoms with Gasteiger partial charge in [0.25, 0.3) is 0 Å². The topological polar surface area (TPSA) is 35.8 Å². The van der Waals surface area contributed by atoms with Crippen molar-refractivity contribution < 1.29 is 17.6 Å². The van der Waals surface area contributed by atoms with E-state index in [9.17, 15) is 17.6 Å². The molecule has 2 rings (SSSR count). The van der Waals surface area contributed by atoms with E-state index in [1.165, 1.54) is 24.3 Å². The van der Waals surface area contributed by atoms with Crippen molar-refractivity contribution in [2.45, 2.75) is 6.18 Å². The van der Waals surface area contributed by atoms with Crippen LogP contribution in [0.3, 0.4) is 0 Å². The normalized spacial score (nSPS) is 10.9. The van der Waals surface area contributed by atoms with E-state index in [4.69, 9.17) is 5.26 Å². The van der Waals surface area contributed by atoms with Gasteiger partial charge >= 0.3 is 6.18 Å². The molecule has 1 N–H and O–H groups in total. The zero-order valence-corrected chi connectivity index (χ0v) is 10.0. The molecule has 0 spiro atoms. The minimum absolute atomic E-state index is 0.0945. The molecule has 0 heterocycles. The molecule has 0 amide bonds. The number of hydrogen-bond donors (Lipinski definition) is 1. The minimum atomic E-state index is -4.39. The number of nitrogens with one attached hydrogen (secondary N) is 1. The van der Waals surface area contributed by atoms with Crippen molar-refractivity contribution in [3.05, 3.63) is 59.4 Å². The van der Waals surface area contributed by atoms with Gasteiger partial charge in [0.2, 0.25) is 0 Å². The van der Waals surface area contributed by atoms with E-state index in [1.54, 1.807) is 6.07 Å². The summed E-state index contributed by atoms with van der Waals surface area (Å²) in [5.74, 6) is -0.690. The molecular weight excluding hydrogens is 272 g/mol. The second kappa shape index (κ2) is 5.21. The van der Waals surface area contributed by atoms with Crippen LogP contribution in [-0.4, -0.2) is 0 Å². The number of rotatable bonds is 2. The highest BCUT2D eigenvalue weighted by molar-refractivity contribution is 5.61. The summed E-state index contributed by atoms with van der Waals surface area (Å²) in [7, 11) is 0. The fraction of sp³-hybridized carbons (Fsp3) is 0.0714. The predicted octanol–water partition coefficient (Wildman–Crippen LogP) is 4.46. The maximum absolute atomic E-state index is 13.4. The molecule has 2 aromatic carbocycles. The van der Waals surface area contributed by atoms with E-state index in [2.05, 4.69) is 5.32 Å². The Morgan fingerprint density at radius 2 is 1.55 bits per heavy atom. The molecule has 0 saturated carbocycles. The fourth-order valence-corrected chi connectivity index (χ4v) is 1.59. The highest BCUT2D eigenvalue weighted by Gasteiger charge is 2.29. The zero-order valence-electron chi connectivity index (χ0n) is 10.0. The van der Waals surface area contributed by atoms with Gasteiger partial charge in [-0.05, 0) is 42.5 Å². The number of hydrogen-bond acceptors (Lipinski definition) is 2. The second-order valence-corrected chi connectivity index (χ2v) is 4.01. The Morgan fingerprint density at radius 1 is 0.950 bits per heavy atom.